The van der Waals surface area contributed by atoms with Crippen LogP contribution in [0.15, 0.2) is 24.3 Å². The maximum Gasteiger partial charge on any atom is 0.269 e. The van der Waals surface area contributed by atoms with Gasteiger partial charge in [0, 0.05) is 30.3 Å². The van der Waals surface area contributed by atoms with Crippen molar-refractivity contribution in [1.82, 2.24) is 10.6 Å². The van der Waals surface area contributed by atoms with Crippen molar-refractivity contribution in [2.75, 3.05) is 13.1 Å². The van der Waals surface area contributed by atoms with Crippen molar-refractivity contribution in [3.8, 4) is 0 Å². The van der Waals surface area contributed by atoms with Crippen LogP contribution in [0.25, 0.3) is 0 Å². The van der Waals surface area contributed by atoms with E-state index >= 15 is 0 Å². The molecule has 1 aliphatic rings. The van der Waals surface area contributed by atoms with Crippen LogP contribution in [0.4, 0.5) is 5.69 Å². The summed E-state index contributed by atoms with van der Waals surface area (Å²) in [4.78, 5) is 22.1. The van der Waals surface area contributed by atoms with E-state index in [1.807, 2.05) is 0 Å². The number of rotatable bonds is 3. The number of nitrogens with zero attached hydrogens (tertiary/aromatic N) is 1. The minimum absolute atomic E-state index is 0.00995. The van der Waals surface area contributed by atoms with Crippen molar-refractivity contribution in [3.63, 3.8) is 0 Å². The number of piperidine rings is 1. The molecule has 2 unspecified atom stereocenters. The summed E-state index contributed by atoms with van der Waals surface area (Å²) in [6, 6.07) is 5.76. The summed E-state index contributed by atoms with van der Waals surface area (Å²) in [6.45, 7) is 3.85. The number of carbonyl (C=O) groups is 1. The monoisotopic (exact) mass is 263 g/mol. The normalized spacial score (nSPS) is 22.8. The third-order valence-corrected chi connectivity index (χ3v) is 3.48. The van der Waals surface area contributed by atoms with Crippen molar-refractivity contribution in [3.05, 3.63) is 39.9 Å². The molecule has 0 aromatic heterocycles. The van der Waals surface area contributed by atoms with Gasteiger partial charge in [-0.05, 0) is 31.0 Å². The first-order chi connectivity index (χ1) is 9.08. The molecule has 102 valence electrons. The van der Waals surface area contributed by atoms with Crippen LogP contribution in [-0.4, -0.2) is 30.0 Å². The molecule has 1 saturated heterocycles. The lowest BCUT2D eigenvalue weighted by molar-refractivity contribution is -0.384. The van der Waals surface area contributed by atoms with Crippen molar-refractivity contribution in [2.24, 2.45) is 5.92 Å². The largest absolute Gasteiger partial charge is 0.348 e. The van der Waals surface area contributed by atoms with Crippen LogP contribution < -0.4 is 10.6 Å². The standard InChI is InChI=1S/C13H17N3O3/c1-9-6-7-14-8-12(9)15-13(17)10-2-4-11(5-3-10)16(18)19/h2-5,9,12,14H,6-8H2,1H3,(H,15,17). The number of nitro groups is 1. The van der Waals surface area contributed by atoms with E-state index in [0.717, 1.165) is 19.5 Å². The van der Waals surface area contributed by atoms with Gasteiger partial charge >= 0.3 is 0 Å². The Morgan fingerprint density at radius 1 is 1.42 bits per heavy atom. The number of carbonyl (C=O) groups excluding carboxylic acids is 1. The molecule has 1 aliphatic heterocycles. The number of non-ortho nitro benzene ring substituents is 1. The van der Waals surface area contributed by atoms with Gasteiger partial charge in [-0.25, -0.2) is 0 Å². The molecule has 1 fully saturated rings. The van der Waals surface area contributed by atoms with Gasteiger partial charge in [0.2, 0.25) is 0 Å². The van der Waals surface area contributed by atoms with Crippen LogP contribution in [0, 0.1) is 16.0 Å². The third-order valence-electron chi connectivity index (χ3n) is 3.48. The average Bonchev–Trinajstić information content (AvgIpc) is 2.41. The first-order valence-electron chi connectivity index (χ1n) is 6.34. The second-order valence-corrected chi connectivity index (χ2v) is 4.85. The fourth-order valence-electron chi connectivity index (χ4n) is 2.17. The van der Waals surface area contributed by atoms with Gasteiger partial charge in [-0.3, -0.25) is 14.9 Å². The van der Waals surface area contributed by atoms with Gasteiger partial charge in [0.25, 0.3) is 11.6 Å². The molecule has 0 saturated carbocycles. The SMILES string of the molecule is CC1CCNCC1NC(=O)c1ccc([N+](=O)[O-])cc1. The molecule has 0 radical (unpaired) electrons. The van der Waals surface area contributed by atoms with Gasteiger partial charge < -0.3 is 10.6 Å². The molecule has 2 rings (SSSR count). The summed E-state index contributed by atoms with van der Waals surface area (Å²) >= 11 is 0. The Kier molecular flexibility index (Phi) is 4.11. The maximum atomic E-state index is 12.0. The molecule has 1 aromatic carbocycles. The van der Waals surface area contributed by atoms with Crippen molar-refractivity contribution in [2.45, 2.75) is 19.4 Å². The Hall–Kier alpha value is -1.95. The number of nitro benzene ring substituents is 1. The molecule has 2 N–H and O–H groups in total. The molecule has 0 spiro atoms. The lowest BCUT2D eigenvalue weighted by Crippen LogP contribution is -2.50. The molecular formula is C13H17N3O3. The summed E-state index contributed by atoms with van der Waals surface area (Å²) in [7, 11) is 0. The van der Waals surface area contributed by atoms with Crippen LogP contribution in [0.5, 0.6) is 0 Å². The van der Waals surface area contributed by atoms with E-state index in [0.29, 0.717) is 11.5 Å². The minimum Gasteiger partial charge on any atom is -0.348 e. The molecule has 1 amide bonds. The van der Waals surface area contributed by atoms with E-state index in [4.69, 9.17) is 0 Å². The third kappa shape index (κ3) is 3.29. The highest BCUT2D eigenvalue weighted by Gasteiger charge is 2.23. The molecule has 1 heterocycles. The summed E-state index contributed by atoms with van der Waals surface area (Å²) in [5.41, 5.74) is 0.438. The lowest BCUT2D eigenvalue weighted by atomic mass is 9.94. The lowest BCUT2D eigenvalue weighted by Gasteiger charge is -2.30. The fraction of sp³-hybridized carbons (Fsp3) is 0.462. The number of amides is 1. The predicted molar refractivity (Wildman–Crippen MR) is 71.0 cm³/mol. The van der Waals surface area contributed by atoms with Crippen LogP contribution in [-0.2, 0) is 0 Å². The Morgan fingerprint density at radius 2 is 2.11 bits per heavy atom. The Bertz CT molecular complexity index is 473. The molecule has 19 heavy (non-hydrogen) atoms. The summed E-state index contributed by atoms with van der Waals surface area (Å²) < 4.78 is 0. The molecule has 6 heteroatoms. The first kappa shape index (κ1) is 13.5. The molecule has 6 nitrogen and oxygen atoms in total. The van der Waals surface area contributed by atoms with Crippen LogP contribution >= 0.6 is 0 Å². The number of hydrogen-bond donors (Lipinski definition) is 2. The quantitative estimate of drug-likeness (QED) is 0.636. The van der Waals surface area contributed by atoms with Crippen molar-refractivity contribution < 1.29 is 9.72 Å². The molecule has 1 aromatic rings. The summed E-state index contributed by atoms with van der Waals surface area (Å²) in [6.07, 6.45) is 1.03. The van der Waals surface area contributed by atoms with E-state index in [1.54, 1.807) is 0 Å². The fourth-order valence-corrected chi connectivity index (χ4v) is 2.17. The second-order valence-electron chi connectivity index (χ2n) is 4.85. The highest BCUT2D eigenvalue weighted by Crippen LogP contribution is 2.14. The van der Waals surface area contributed by atoms with Gasteiger partial charge in [-0.1, -0.05) is 6.92 Å². The molecule has 0 bridgehead atoms. The predicted octanol–water partition coefficient (Wildman–Crippen LogP) is 1.32. The Morgan fingerprint density at radius 3 is 2.68 bits per heavy atom. The van der Waals surface area contributed by atoms with E-state index in [1.165, 1.54) is 24.3 Å². The van der Waals surface area contributed by atoms with E-state index in [9.17, 15) is 14.9 Å². The topological polar surface area (TPSA) is 84.3 Å². The zero-order chi connectivity index (χ0) is 13.8. The van der Waals surface area contributed by atoms with Crippen molar-refractivity contribution >= 4 is 11.6 Å². The number of hydrogen-bond acceptors (Lipinski definition) is 4. The molecular weight excluding hydrogens is 246 g/mol. The molecule has 2 atom stereocenters. The number of benzene rings is 1. The van der Waals surface area contributed by atoms with Crippen LogP contribution in [0.2, 0.25) is 0 Å². The zero-order valence-corrected chi connectivity index (χ0v) is 10.8. The highest BCUT2D eigenvalue weighted by molar-refractivity contribution is 5.94. The van der Waals surface area contributed by atoms with Gasteiger partial charge in [0.15, 0.2) is 0 Å². The van der Waals surface area contributed by atoms with E-state index < -0.39 is 4.92 Å². The van der Waals surface area contributed by atoms with Gasteiger partial charge in [0.05, 0.1) is 4.92 Å². The Balaban J connectivity index is 2.01. The van der Waals surface area contributed by atoms with Gasteiger partial charge in [-0.15, -0.1) is 0 Å². The highest BCUT2D eigenvalue weighted by atomic mass is 16.6. The van der Waals surface area contributed by atoms with Crippen LogP contribution in [0.1, 0.15) is 23.7 Å². The van der Waals surface area contributed by atoms with E-state index in [2.05, 4.69) is 17.6 Å². The Labute approximate surface area is 111 Å². The summed E-state index contributed by atoms with van der Waals surface area (Å²) in [5, 5.41) is 16.7. The van der Waals surface area contributed by atoms with Crippen molar-refractivity contribution in [1.29, 1.82) is 0 Å². The zero-order valence-electron chi connectivity index (χ0n) is 10.8. The molecule has 0 aliphatic carbocycles. The van der Waals surface area contributed by atoms with E-state index in [-0.39, 0.29) is 17.6 Å². The van der Waals surface area contributed by atoms with Gasteiger partial charge in [0.1, 0.15) is 0 Å². The van der Waals surface area contributed by atoms with Crippen LogP contribution in [0.3, 0.4) is 0 Å². The maximum absolute atomic E-state index is 12.0. The second kappa shape index (κ2) is 5.79. The first-order valence-corrected chi connectivity index (χ1v) is 6.34. The van der Waals surface area contributed by atoms with Gasteiger partial charge in [-0.2, -0.15) is 0 Å². The number of nitrogens with one attached hydrogen (secondary N) is 2. The minimum atomic E-state index is -0.477. The smallest absolute Gasteiger partial charge is 0.269 e. The summed E-state index contributed by atoms with van der Waals surface area (Å²) in [5.74, 6) is 0.249. The average molecular weight is 263 g/mol.